The lowest BCUT2D eigenvalue weighted by molar-refractivity contribution is -0.0607. The SMILES string of the molecule is O=C(OCCN1CCOCC1)OC1CCC2C(CCC3C4CCCC4CCC23)C1. The minimum absolute atomic E-state index is 0.0755. The maximum absolute atomic E-state index is 12.2. The molecule has 0 amide bonds. The van der Waals surface area contributed by atoms with Crippen LogP contribution in [-0.4, -0.2) is 56.6 Å². The minimum atomic E-state index is -0.457. The van der Waals surface area contributed by atoms with Gasteiger partial charge in [-0.3, -0.25) is 4.90 Å². The number of fused-ring (bicyclic) bond motifs is 5. The molecule has 0 N–H and O–H groups in total. The minimum Gasteiger partial charge on any atom is -0.433 e. The number of rotatable bonds is 4. The largest absolute Gasteiger partial charge is 0.508 e. The zero-order valence-electron chi connectivity index (χ0n) is 17.9. The van der Waals surface area contributed by atoms with E-state index in [9.17, 15) is 4.79 Å². The number of morpholine rings is 1. The molecule has 0 bridgehead atoms. The van der Waals surface area contributed by atoms with Crippen LogP contribution in [0.3, 0.4) is 0 Å². The summed E-state index contributed by atoms with van der Waals surface area (Å²) in [5, 5.41) is 0. The lowest BCUT2D eigenvalue weighted by Crippen LogP contribution is -2.45. The van der Waals surface area contributed by atoms with Gasteiger partial charge in [-0.1, -0.05) is 12.8 Å². The molecule has 5 heteroatoms. The highest BCUT2D eigenvalue weighted by molar-refractivity contribution is 5.60. The predicted molar refractivity (Wildman–Crippen MR) is 111 cm³/mol. The van der Waals surface area contributed by atoms with Gasteiger partial charge < -0.3 is 14.2 Å². The van der Waals surface area contributed by atoms with Crippen molar-refractivity contribution in [3.8, 4) is 0 Å². The van der Waals surface area contributed by atoms with Gasteiger partial charge in [0.25, 0.3) is 0 Å². The lowest BCUT2D eigenvalue weighted by atomic mass is 9.53. The third-order valence-corrected chi connectivity index (χ3v) is 9.10. The molecule has 1 saturated heterocycles. The molecule has 1 aliphatic heterocycles. The monoisotopic (exact) mass is 405 g/mol. The predicted octanol–water partition coefficient (Wildman–Crippen LogP) is 4.49. The molecule has 0 spiro atoms. The molecule has 5 rings (SSSR count). The van der Waals surface area contributed by atoms with E-state index in [4.69, 9.17) is 14.2 Å². The molecule has 29 heavy (non-hydrogen) atoms. The second-order valence-corrected chi connectivity index (χ2v) is 10.4. The van der Waals surface area contributed by atoms with Gasteiger partial charge in [0.05, 0.1) is 13.2 Å². The quantitative estimate of drug-likeness (QED) is 0.645. The first-order valence-corrected chi connectivity index (χ1v) is 12.4. The van der Waals surface area contributed by atoms with Crippen LogP contribution >= 0.6 is 0 Å². The van der Waals surface area contributed by atoms with E-state index in [1.54, 1.807) is 0 Å². The molecule has 7 unspecified atom stereocenters. The highest BCUT2D eigenvalue weighted by Gasteiger charge is 2.49. The van der Waals surface area contributed by atoms with Gasteiger partial charge in [0.2, 0.25) is 0 Å². The Kier molecular flexibility index (Phi) is 6.33. The van der Waals surface area contributed by atoms with Crippen LogP contribution < -0.4 is 0 Å². The Morgan fingerprint density at radius 2 is 1.55 bits per heavy atom. The van der Waals surface area contributed by atoms with Crippen LogP contribution in [0, 0.1) is 35.5 Å². The maximum Gasteiger partial charge on any atom is 0.508 e. The molecule has 4 aliphatic carbocycles. The Morgan fingerprint density at radius 3 is 2.38 bits per heavy atom. The first-order chi connectivity index (χ1) is 14.3. The summed E-state index contributed by atoms with van der Waals surface area (Å²) in [5.41, 5.74) is 0. The molecule has 1 heterocycles. The number of hydrogen-bond acceptors (Lipinski definition) is 5. The molecule has 0 radical (unpaired) electrons. The third-order valence-electron chi connectivity index (χ3n) is 9.10. The Hall–Kier alpha value is -0.810. The van der Waals surface area contributed by atoms with Crippen LogP contribution in [0.25, 0.3) is 0 Å². The summed E-state index contributed by atoms with van der Waals surface area (Å²) >= 11 is 0. The van der Waals surface area contributed by atoms with Gasteiger partial charge in [0.15, 0.2) is 0 Å². The standard InChI is InChI=1S/C24H39NO4/c26-24(28-15-12-25-10-13-27-14-11-25)29-19-6-9-21-18(16-19)5-8-22-20-3-1-2-17(20)4-7-23(21)22/h17-23H,1-16H2. The van der Waals surface area contributed by atoms with E-state index in [2.05, 4.69) is 4.90 Å². The molecule has 5 nitrogen and oxygen atoms in total. The van der Waals surface area contributed by atoms with Crippen LogP contribution in [0.15, 0.2) is 0 Å². The van der Waals surface area contributed by atoms with E-state index < -0.39 is 6.16 Å². The van der Waals surface area contributed by atoms with E-state index >= 15 is 0 Å². The highest BCUT2D eigenvalue weighted by Crippen LogP contribution is 2.57. The van der Waals surface area contributed by atoms with Gasteiger partial charge in [-0.2, -0.15) is 0 Å². The summed E-state index contributed by atoms with van der Waals surface area (Å²) in [6.07, 6.45) is 13.2. The molecular formula is C24H39NO4. The zero-order valence-corrected chi connectivity index (χ0v) is 17.9. The van der Waals surface area contributed by atoms with Gasteiger partial charge in [0.1, 0.15) is 12.7 Å². The molecule has 5 aliphatic rings. The van der Waals surface area contributed by atoms with Gasteiger partial charge in [-0.05, 0) is 86.9 Å². The topological polar surface area (TPSA) is 48.0 Å². The number of hydrogen-bond donors (Lipinski definition) is 0. The van der Waals surface area contributed by atoms with Gasteiger partial charge in [-0.15, -0.1) is 0 Å². The summed E-state index contributed by atoms with van der Waals surface area (Å²) in [6, 6.07) is 0. The average molecular weight is 406 g/mol. The van der Waals surface area contributed by atoms with Crippen molar-refractivity contribution in [2.24, 2.45) is 35.5 Å². The zero-order chi connectivity index (χ0) is 19.6. The first kappa shape index (κ1) is 20.1. The fraction of sp³-hybridized carbons (Fsp3) is 0.958. The van der Waals surface area contributed by atoms with E-state index in [-0.39, 0.29) is 6.10 Å². The summed E-state index contributed by atoms with van der Waals surface area (Å²) < 4.78 is 16.5. The van der Waals surface area contributed by atoms with Crippen molar-refractivity contribution in [3.05, 3.63) is 0 Å². The lowest BCUT2D eigenvalue weighted by Gasteiger charge is -2.52. The van der Waals surface area contributed by atoms with Crippen molar-refractivity contribution in [1.29, 1.82) is 0 Å². The van der Waals surface area contributed by atoms with Crippen LogP contribution in [0.5, 0.6) is 0 Å². The first-order valence-electron chi connectivity index (χ1n) is 12.4. The van der Waals surface area contributed by atoms with Crippen molar-refractivity contribution < 1.29 is 19.0 Å². The summed E-state index contributed by atoms with van der Waals surface area (Å²) in [7, 11) is 0. The van der Waals surface area contributed by atoms with Crippen molar-refractivity contribution in [1.82, 2.24) is 4.90 Å². The van der Waals surface area contributed by atoms with Crippen molar-refractivity contribution in [3.63, 3.8) is 0 Å². The number of nitrogens with zero attached hydrogens (tertiary/aromatic N) is 1. The fourth-order valence-electron chi connectivity index (χ4n) is 7.79. The van der Waals surface area contributed by atoms with Crippen molar-refractivity contribution in [2.45, 2.75) is 70.3 Å². The molecule has 0 aromatic rings. The highest BCUT2D eigenvalue weighted by atomic mass is 16.7. The van der Waals surface area contributed by atoms with Gasteiger partial charge in [-0.25, -0.2) is 4.79 Å². The Labute approximate surface area is 175 Å². The van der Waals surface area contributed by atoms with E-state index in [1.807, 2.05) is 0 Å². The summed E-state index contributed by atoms with van der Waals surface area (Å²) in [5.74, 6) is 5.75. The van der Waals surface area contributed by atoms with Crippen molar-refractivity contribution in [2.75, 3.05) is 39.5 Å². The number of carbonyl (C=O) groups excluding carboxylic acids is 1. The van der Waals surface area contributed by atoms with Crippen LogP contribution in [0.1, 0.15) is 64.2 Å². The van der Waals surface area contributed by atoms with E-state index in [1.165, 1.54) is 51.4 Å². The molecule has 7 atom stereocenters. The number of ether oxygens (including phenoxy) is 3. The Bertz CT molecular complexity index is 563. The van der Waals surface area contributed by atoms with Crippen LogP contribution in [-0.2, 0) is 14.2 Å². The molecule has 0 aromatic heterocycles. The third kappa shape index (κ3) is 4.46. The van der Waals surface area contributed by atoms with Crippen molar-refractivity contribution >= 4 is 6.16 Å². The molecular weight excluding hydrogens is 366 g/mol. The normalized spacial score (nSPS) is 42.4. The smallest absolute Gasteiger partial charge is 0.433 e. The Morgan fingerprint density at radius 1 is 0.828 bits per heavy atom. The van der Waals surface area contributed by atoms with Crippen LogP contribution in [0.2, 0.25) is 0 Å². The maximum atomic E-state index is 12.2. The second-order valence-electron chi connectivity index (χ2n) is 10.4. The van der Waals surface area contributed by atoms with E-state index in [0.29, 0.717) is 6.61 Å². The van der Waals surface area contributed by atoms with Gasteiger partial charge in [0, 0.05) is 19.6 Å². The molecule has 4 saturated carbocycles. The summed E-state index contributed by atoms with van der Waals surface area (Å²) in [4.78, 5) is 14.5. The molecule has 5 fully saturated rings. The summed E-state index contributed by atoms with van der Waals surface area (Å²) in [6.45, 7) is 4.60. The van der Waals surface area contributed by atoms with Gasteiger partial charge >= 0.3 is 6.16 Å². The van der Waals surface area contributed by atoms with E-state index in [0.717, 1.165) is 81.2 Å². The Balaban J connectivity index is 1.06. The molecule has 164 valence electrons. The van der Waals surface area contributed by atoms with Crippen LogP contribution in [0.4, 0.5) is 4.79 Å². The average Bonchev–Trinajstić information content (AvgIpc) is 3.23. The second kappa shape index (κ2) is 9.13. The fourth-order valence-corrected chi connectivity index (χ4v) is 7.79. The molecule has 0 aromatic carbocycles. The number of carbonyl (C=O) groups is 1.